The van der Waals surface area contributed by atoms with Crippen LogP contribution in [0.5, 0.6) is 17.2 Å². The molecule has 0 radical (unpaired) electrons. The Labute approximate surface area is 182 Å². The van der Waals surface area contributed by atoms with Crippen LogP contribution in [-0.2, 0) is 12.8 Å². The zero-order valence-electron chi connectivity index (χ0n) is 15.6. The van der Waals surface area contributed by atoms with E-state index in [9.17, 15) is 0 Å². The lowest BCUT2D eigenvalue weighted by Crippen LogP contribution is -1.96. The third-order valence-corrected chi connectivity index (χ3v) is 5.57. The molecule has 3 rings (SSSR count). The predicted octanol–water partition coefficient (Wildman–Crippen LogP) is 6.53. The largest absolute Gasteiger partial charge is 0.496 e. The zero-order valence-corrected chi connectivity index (χ0v) is 18.8. The van der Waals surface area contributed by atoms with Crippen LogP contribution in [0.25, 0.3) is 0 Å². The van der Waals surface area contributed by atoms with Crippen molar-refractivity contribution in [2.75, 3.05) is 13.7 Å². The van der Waals surface area contributed by atoms with Gasteiger partial charge in [0.15, 0.2) is 5.75 Å². The minimum Gasteiger partial charge on any atom is -0.496 e. The summed E-state index contributed by atoms with van der Waals surface area (Å²) in [6.45, 7) is 0.184. The number of aryl methyl sites for hydroxylation is 1. The van der Waals surface area contributed by atoms with E-state index < -0.39 is 0 Å². The summed E-state index contributed by atoms with van der Waals surface area (Å²) in [6, 6.07) is 20.2. The molecule has 1 N–H and O–H groups in total. The van der Waals surface area contributed by atoms with Crippen molar-refractivity contribution in [2.24, 2.45) is 0 Å². The number of aliphatic hydroxyl groups is 1. The van der Waals surface area contributed by atoms with Gasteiger partial charge in [0.1, 0.15) is 11.5 Å². The van der Waals surface area contributed by atoms with Crippen LogP contribution in [-0.4, -0.2) is 18.8 Å². The number of hydrogen-bond donors (Lipinski definition) is 1. The highest BCUT2D eigenvalue weighted by atomic mass is 79.9. The molecule has 28 heavy (non-hydrogen) atoms. The average Bonchev–Trinajstić information content (AvgIpc) is 2.70. The highest BCUT2D eigenvalue weighted by Crippen LogP contribution is 2.39. The van der Waals surface area contributed by atoms with Gasteiger partial charge in [-0.15, -0.1) is 0 Å². The molecule has 0 aliphatic heterocycles. The first-order valence-electron chi connectivity index (χ1n) is 9.08. The lowest BCUT2D eigenvalue weighted by molar-refractivity contribution is 0.288. The lowest BCUT2D eigenvalue weighted by Gasteiger charge is -2.15. The molecule has 3 aromatic rings. The fourth-order valence-corrected chi connectivity index (χ4v) is 4.47. The van der Waals surface area contributed by atoms with Crippen molar-refractivity contribution in [2.45, 2.75) is 19.3 Å². The second kappa shape index (κ2) is 10.1. The van der Waals surface area contributed by atoms with E-state index in [1.807, 2.05) is 48.5 Å². The summed E-state index contributed by atoms with van der Waals surface area (Å²) in [6.07, 6.45) is 2.32. The van der Waals surface area contributed by atoms with Crippen molar-refractivity contribution in [1.29, 1.82) is 0 Å². The van der Waals surface area contributed by atoms with Gasteiger partial charge in [-0.25, -0.2) is 0 Å². The first-order valence-corrected chi connectivity index (χ1v) is 10.7. The van der Waals surface area contributed by atoms with Gasteiger partial charge >= 0.3 is 0 Å². The maximum Gasteiger partial charge on any atom is 0.155 e. The summed E-state index contributed by atoms with van der Waals surface area (Å²) in [7, 11) is 1.68. The number of hydrogen-bond acceptors (Lipinski definition) is 3. The molecule has 0 aromatic heterocycles. The van der Waals surface area contributed by atoms with Crippen molar-refractivity contribution in [3.8, 4) is 17.2 Å². The summed E-state index contributed by atoms with van der Waals surface area (Å²) in [4.78, 5) is 0. The summed E-state index contributed by atoms with van der Waals surface area (Å²) in [5, 5.41) is 9.03. The van der Waals surface area contributed by atoms with E-state index >= 15 is 0 Å². The van der Waals surface area contributed by atoms with Gasteiger partial charge < -0.3 is 14.6 Å². The number of rotatable bonds is 8. The standard InChI is InChI=1S/C23H22Br2O3/c1-27-22-10-9-19(15-18(22)12-16-6-3-2-4-7-16)28-23-20(24)13-17(8-5-11-26)14-21(23)25/h2-4,6-7,9-10,13-15,26H,5,8,11-12H2,1H3. The molecule has 3 aromatic carbocycles. The van der Waals surface area contributed by atoms with Crippen molar-refractivity contribution < 1.29 is 14.6 Å². The maximum atomic E-state index is 9.03. The number of benzene rings is 3. The van der Waals surface area contributed by atoms with Crippen molar-refractivity contribution in [1.82, 2.24) is 0 Å². The molecule has 0 fully saturated rings. The van der Waals surface area contributed by atoms with Gasteiger partial charge in [0.2, 0.25) is 0 Å². The Morgan fingerprint density at radius 3 is 2.25 bits per heavy atom. The molecular weight excluding hydrogens is 484 g/mol. The van der Waals surface area contributed by atoms with E-state index in [0.29, 0.717) is 0 Å². The number of aliphatic hydroxyl groups excluding tert-OH is 1. The van der Waals surface area contributed by atoms with Gasteiger partial charge in [0, 0.05) is 18.6 Å². The minimum absolute atomic E-state index is 0.184. The fourth-order valence-electron chi connectivity index (χ4n) is 3.03. The molecular formula is C23H22Br2O3. The summed E-state index contributed by atoms with van der Waals surface area (Å²) in [5.41, 5.74) is 3.42. The minimum atomic E-state index is 0.184. The second-order valence-corrected chi connectivity index (χ2v) is 8.16. The molecule has 146 valence electrons. The van der Waals surface area contributed by atoms with Crippen LogP contribution in [0.3, 0.4) is 0 Å². The van der Waals surface area contributed by atoms with E-state index in [4.69, 9.17) is 14.6 Å². The van der Waals surface area contributed by atoms with Crippen LogP contribution in [0.1, 0.15) is 23.1 Å². The Kier molecular flexibility index (Phi) is 7.54. The zero-order chi connectivity index (χ0) is 19.9. The van der Waals surface area contributed by atoms with E-state index in [2.05, 4.69) is 44.0 Å². The maximum absolute atomic E-state index is 9.03. The van der Waals surface area contributed by atoms with Gasteiger partial charge in [-0.1, -0.05) is 30.3 Å². The fraction of sp³-hybridized carbons (Fsp3) is 0.217. The number of methoxy groups -OCH3 is 1. The first kappa shape index (κ1) is 20.9. The monoisotopic (exact) mass is 504 g/mol. The molecule has 0 bridgehead atoms. The molecule has 0 aliphatic carbocycles. The quantitative estimate of drug-likeness (QED) is 0.378. The molecule has 0 aliphatic rings. The van der Waals surface area contributed by atoms with Crippen molar-refractivity contribution in [3.63, 3.8) is 0 Å². The SMILES string of the molecule is COc1ccc(Oc2c(Br)cc(CCCO)cc2Br)cc1Cc1ccccc1. The van der Waals surface area contributed by atoms with Crippen LogP contribution in [0, 0.1) is 0 Å². The molecule has 0 saturated heterocycles. The molecule has 0 atom stereocenters. The molecule has 0 spiro atoms. The molecule has 5 heteroatoms. The van der Waals surface area contributed by atoms with Gasteiger partial charge in [0.25, 0.3) is 0 Å². The highest BCUT2D eigenvalue weighted by molar-refractivity contribution is 9.11. The predicted molar refractivity (Wildman–Crippen MR) is 120 cm³/mol. The van der Waals surface area contributed by atoms with Gasteiger partial charge in [-0.2, -0.15) is 0 Å². The molecule has 0 saturated carbocycles. The molecule has 0 amide bonds. The third kappa shape index (κ3) is 5.37. The van der Waals surface area contributed by atoms with Gasteiger partial charge in [-0.3, -0.25) is 0 Å². The third-order valence-electron chi connectivity index (χ3n) is 4.39. The summed E-state index contributed by atoms with van der Waals surface area (Å²) in [5.74, 6) is 2.31. The summed E-state index contributed by atoms with van der Waals surface area (Å²) >= 11 is 7.21. The Hall–Kier alpha value is -1.82. The van der Waals surface area contributed by atoms with Crippen LogP contribution < -0.4 is 9.47 Å². The van der Waals surface area contributed by atoms with Crippen LogP contribution in [0.4, 0.5) is 0 Å². The average molecular weight is 506 g/mol. The molecule has 0 unspecified atom stereocenters. The van der Waals surface area contributed by atoms with Gasteiger partial charge in [-0.05, 0) is 86.2 Å². The second-order valence-electron chi connectivity index (χ2n) is 6.45. The smallest absolute Gasteiger partial charge is 0.155 e. The van der Waals surface area contributed by atoms with E-state index in [1.165, 1.54) is 5.56 Å². The van der Waals surface area contributed by atoms with Crippen LogP contribution in [0.15, 0.2) is 69.6 Å². The Morgan fingerprint density at radius 1 is 0.893 bits per heavy atom. The highest BCUT2D eigenvalue weighted by Gasteiger charge is 2.12. The lowest BCUT2D eigenvalue weighted by atomic mass is 10.0. The Morgan fingerprint density at radius 2 is 1.61 bits per heavy atom. The van der Waals surface area contributed by atoms with Crippen molar-refractivity contribution >= 4 is 31.9 Å². The normalized spacial score (nSPS) is 10.7. The number of ether oxygens (including phenoxy) is 2. The molecule has 0 heterocycles. The Balaban J connectivity index is 1.85. The number of halogens is 2. The van der Waals surface area contributed by atoms with Crippen molar-refractivity contribution in [3.05, 3.63) is 86.3 Å². The molecule has 3 nitrogen and oxygen atoms in total. The van der Waals surface area contributed by atoms with E-state index in [0.717, 1.165) is 56.6 Å². The summed E-state index contributed by atoms with van der Waals surface area (Å²) < 4.78 is 13.4. The van der Waals surface area contributed by atoms with E-state index in [1.54, 1.807) is 7.11 Å². The Bertz CT molecular complexity index is 903. The van der Waals surface area contributed by atoms with Crippen LogP contribution >= 0.6 is 31.9 Å². The van der Waals surface area contributed by atoms with E-state index in [-0.39, 0.29) is 6.61 Å². The topological polar surface area (TPSA) is 38.7 Å². The van der Waals surface area contributed by atoms with Gasteiger partial charge in [0.05, 0.1) is 16.1 Å². The first-order chi connectivity index (χ1) is 13.6. The van der Waals surface area contributed by atoms with Crippen LogP contribution in [0.2, 0.25) is 0 Å².